The number of anilines is 1. The van der Waals surface area contributed by atoms with Crippen LogP contribution in [0.25, 0.3) is 10.2 Å². The van der Waals surface area contributed by atoms with Crippen molar-refractivity contribution in [2.24, 2.45) is 0 Å². The smallest absolute Gasteiger partial charge is 0.258 e. The SMILES string of the molecule is COCCCCOc1cccc(N(C)C(=O)c2ccc3ncsc3c2)c1F. The minimum absolute atomic E-state index is 0.141. The number of unbranched alkanes of at least 4 members (excludes halogenated alkanes) is 1. The Bertz CT molecular complexity index is 928. The zero-order valence-electron chi connectivity index (χ0n) is 15.3. The highest BCUT2D eigenvalue weighted by Crippen LogP contribution is 2.28. The summed E-state index contributed by atoms with van der Waals surface area (Å²) in [6, 6.07) is 10.1. The molecule has 0 aliphatic carbocycles. The topological polar surface area (TPSA) is 51.7 Å². The molecule has 0 radical (unpaired) electrons. The van der Waals surface area contributed by atoms with Gasteiger partial charge in [0, 0.05) is 26.3 Å². The highest BCUT2D eigenvalue weighted by atomic mass is 32.1. The van der Waals surface area contributed by atoms with E-state index in [0.29, 0.717) is 18.8 Å². The van der Waals surface area contributed by atoms with Crippen LogP contribution in [-0.4, -0.2) is 38.3 Å². The van der Waals surface area contributed by atoms with Crippen LogP contribution >= 0.6 is 11.3 Å². The molecule has 0 aliphatic rings. The summed E-state index contributed by atoms with van der Waals surface area (Å²) in [5.74, 6) is -0.692. The fourth-order valence-corrected chi connectivity index (χ4v) is 3.41. The summed E-state index contributed by atoms with van der Waals surface area (Å²) in [4.78, 5) is 18.3. The van der Waals surface area contributed by atoms with Crippen molar-refractivity contribution in [3.05, 3.63) is 53.3 Å². The molecule has 0 spiro atoms. The maximum Gasteiger partial charge on any atom is 0.258 e. The number of carbonyl (C=O) groups excluding carboxylic acids is 1. The second kappa shape index (κ2) is 8.92. The Morgan fingerprint density at radius 3 is 2.85 bits per heavy atom. The number of halogens is 1. The lowest BCUT2D eigenvalue weighted by atomic mass is 10.1. The Labute approximate surface area is 161 Å². The summed E-state index contributed by atoms with van der Waals surface area (Å²) in [6.45, 7) is 1.04. The van der Waals surface area contributed by atoms with Gasteiger partial charge in [0.2, 0.25) is 0 Å². The van der Waals surface area contributed by atoms with Crippen molar-refractivity contribution >= 4 is 33.1 Å². The van der Waals surface area contributed by atoms with E-state index in [2.05, 4.69) is 4.98 Å². The summed E-state index contributed by atoms with van der Waals surface area (Å²) in [7, 11) is 3.20. The van der Waals surface area contributed by atoms with E-state index >= 15 is 0 Å². The van der Waals surface area contributed by atoms with E-state index in [-0.39, 0.29) is 17.3 Å². The fraction of sp³-hybridized carbons (Fsp3) is 0.300. The van der Waals surface area contributed by atoms with Crippen molar-refractivity contribution in [3.63, 3.8) is 0 Å². The van der Waals surface area contributed by atoms with Gasteiger partial charge in [0.1, 0.15) is 0 Å². The van der Waals surface area contributed by atoms with Gasteiger partial charge in [0.05, 0.1) is 28.0 Å². The van der Waals surface area contributed by atoms with Crippen LogP contribution in [0.1, 0.15) is 23.2 Å². The molecule has 0 saturated carbocycles. The van der Waals surface area contributed by atoms with Crippen molar-refractivity contribution < 1.29 is 18.7 Å². The molecule has 3 aromatic rings. The molecule has 1 heterocycles. The zero-order chi connectivity index (χ0) is 19.2. The molecule has 3 rings (SSSR count). The van der Waals surface area contributed by atoms with Crippen LogP contribution < -0.4 is 9.64 Å². The Kier molecular flexibility index (Phi) is 6.36. The molecule has 0 aliphatic heterocycles. The second-order valence-electron chi connectivity index (χ2n) is 6.04. The lowest BCUT2D eigenvalue weighted by Crippen LogP contribution is -2.27. The first-order chi connectivity index (χ1) is 13.1. The van der Waals surface area contributed by atoms with Crippen molar-refractivity contribution in [1.82, 2.24) is 4.98 Å². The Morgan fingerprint density at radius 1 is 1.22 bits per heavy atom. The number of hydrogen-bond donors (Lipinski definition) is 0. The Balaban J connectivity index is 1.74. The molecular formula is C20H21FN2O3S. The molecule has 5 nitrogen and oxygen atoms in total. The van der Waals surface area contributed by atoms with Gasteiger partial charge >= 0.3 is 0 Å². The third-order valence-electron chi connectivity index (χ3n) is 4.19. The molecule has 2 aromatic carbocycles. The Morgan fingerprint density at radius 2 is 2.04 bits per heavy atom. The van der Waals surface area contributed by atoms with Crippen LogP contribution in [-0.2, 0) is 4.74 Å². The van der Waals surface area contributed by atoms with E-state index in [1.165, 1.54) is 16.2 Å². The van der Waals surface area contributed by atoms with Crippen LogP contribution in [0.2, 0.25) is 0 Å². The fourth-order valence-electron chi connectivity index (χ4n) is 2.69. The molecule has 142 valence electrons. The van der Waals surface area contributed by atoms with E-state index < -0.39 is 5.82 Å². The van der Waals surface area contributed by atoms with Crippen molar-refractivity contribution in [2.45, 2.75) is 12.8 Å². The molecule has 0 fully saturated rings. The lowest BCUT2D eigenvalue weighted by molar-refractivity contribution is 0.0992. The van der Waals surface area contributed by atoms with Crippen LogP contribution in [0, 0.1) is 5.82 Å². The summed E-state index contributed by atoms with van der Waals surface area (Å²) in [6.07, 6.45) is 1.61. The molecule has 1 amide bonds. The van der Waals surface area contributed by atoms with Crippen molar-refractivity contribution in [1.29, 1.82) is 0 Å². The quantitative estimate of drug-likeness (QED) is 0.533. The maximum absolute atomic E-state index is 14.8. The van der Waals surface area contributed by atoms with Gasteiger partial charge in [-0.3, -0.25) is 4.79 Å². The van der Waals surface area contributed by atoms with E-state index in [0.717, 1.165) is 23.1 Å². The molecule has 1 aromatic heterocycles. The van der Waals surface area contributed by atoms with Crippen LogP contribution in [0.5, 0.6) is 5.75 Å². The van der Waals surface area contributed by atoms with Gasteiger partial charge in [-0.2, -0.15) is 0 Å². The average Bonchev–Trinajstić information content (AvgIpc) is 3.15. The third-order valence-corrected chi connectivity index (χ3v) is 4.98. The van der Waals surface area contributed by atoms with Crippen LogP contribution in [0.4, 0.5) is 10.1 Å². The van der Waals surface area contributed by atoms with Crippen molar-refractivity contribution in [3.8, 4) is 5.75 Å². The molecule has 0 unspecified atom stereocenters. The highest BCUT2D eigenvalue weighted by molar-refractivity contribution is 7.16. The number of methoxy groups -OCH3 is 1. The molecular weight excluding hydrogens is 367 g/mol. The molecule has 0 saturated heterocycles. The van der Waals surface area contributed by atoms with E-state index in [9.17, 15) is 9.18 Å². The molecule has 0 bridgehead atoms. The van der Waals surface area contributed by atoms with Crippen LogP contribution in [0.15, 0.2) is 41.9 Å². The van der Waals surface area contributed by atoms with Gasteiger partial charge in [-0.1, -0.05) is 6.07 Å². The molecule has 27 heavy (non-hydrogen) atoms. The highest BCUT2D eigenvalue weighted by Gasteiger charge is 2.19. The summed E-state index contributed by atoms with van der Waals surface area (Å²) < 4.78 is 26.3. The number of aromatic nitrogens is 1. The number of benzene rings is 2. The maximum atomic E-state index is 14.8. The largest absolute Gasteiger partial charge is 0.490 e. The standard InChI is InChI=1S/C20H21FN2O3S/c1-23(20(24)14-8-9-15-18(12-14)27-13-22-15)16-6-5-7-17(19(16)21)26-11-4-3-10-25-2/h5-9,12-13H,3-4,10-11H2,1-2H3. The van der Waals surface area contributed by atoms with Gasteiger partial charge in [-0.15, -0.1) is 11.3 Å². The average molecular weight is 388 g/mol. The van der Waals surface area contributed by atoms with Gasteiger partial charge in [0.25, 0.3) is 5.91 Å². The normalized spacial score (nSPS) is 10.9. The number of ether oxygens (including phenoxy) is 2. The van der Waals surface area contributed by atoms with Gasteiger partial charge in [-0.05, 0) is 43.2 Å². The van der Waals surface area contributed by atoms with E-state index in [4.69, 9.17) is 9.47 Å². The summed E-state index contributed by atoms with van der Waals surface area (Å²) in [5, 5.41) is 0. The number of fused-ring (bicyclic) bond motifs is 1. The first kappa shape index (κ1) is 19.3. The predicted molar refractivity (Wildman–Crippen MR) is 105 cm³/mol. The number of rotatable bonds is 8. The molecule has 7 heteroatoms. The number of amides is 1. The second-order valence-corrected chi connectivity index (χ2v) is 6.92. The Hall–Kier alpha value is -2.51. The number of carbonyl (C=O) groups is 1. The molecule has 0 N–H and O–H groups in total. The third kappa shape index (κ3) is 4.43. The van der Waals surface area contributed by atoms with Crippen LogP contribution in [0.3, 0.4) is 0 Å². The van der Waals surface area contributed by atoms with E-state index in [1.54, 1.807) is 56.1 Å². The number of hydrogen-bond acceptors (Lipinski definition) is 5. The van der Waals surface area contributed by atoms with Gasteiger partial charge in [-0.25, -0.2) is 9.37 Å². The predicted octanol–water partition coefficient (Wildman–Crippen LogP) is 4.52. The summed E-state index contributed by atoms with van der Waals surface area (Å²) >= 11 is 1.46. The first-order valence-corrected chi connectivity index (χ1v) is 9.51. The number of thiazole rings is 1. The summed E-state index contributed by atoms with van der Waals surface area (Å²) in [5.41, 5.74) is 3.24. The zero-order valence-corrected chi connectivity index (χ0v) is 16.1. The minimum Gasteiger partial charge on any atom is -0.490 e. The van der Waals surface area contributed by atoms with E-state index in [1.807, 2.05) is 0 Å². The minimum atomic E-state index is -0.543. The van der Waals surface area contributed by atoms with Gasteiger partial charge in [0.15, 0.2) is 11.6 Å². The monoisotopic (exact) mass is 388 g/mol. The molecule has 0 atom stereocenters. The van der Waals surface area contributed by atoms with Crippen molar-refractivity contribution in [2.75, 3.05) is 32.3 Å². The van der Waals surface area contributed by atoms with Gasteiger partial charge < -0.3 is 14.4 Å². The lowest BCUT2D eigenvalue weighted by Gasteiger charge is -2.19. The number of nitrogens with zero attached hydrogens (tertiary/aromatic N) is 2. The first-order valence-electron chi connectivity index (χ1n) is 8.63.